The quantitative estimate of drug-likeness (QED) is 0.705. The molecular formula is C12H20BrNO2S2. The number of halogens is 1. The lowest BCUT2D eigenvalue weighted by molar-refractivity contribution is -0.465. The Morgan fingerprint density at radius 3 is 2.56 bits per heavy atom. The Kier molecular flexibility index (Phi) is 7.03. The van der Waals surface area contributed by atoms with Crippen molar-refractivity contribution in [2.24, 2.45) is 0 Å². The fraction of sp³-hybridized carbons (Fsp3) is 0.667. The third kappa shape index (κ3) is 5.36. The van der Waals surface area contributed by atoms with Crippen molar-refractivity contribution in [3.05, 3.63) is 10.3 Å². The van der Waals surface area contributed by atoms with Gasteiger partial charge >= 0.3 is 5.97 Å². The van der Waals surface area contributed by atoms with Crippen molar-refractivity contribution in [3.63, 3.8) is 0 Å². The summed E-state index contributed by atoms with van der Waals surface area (Å²) < 4.78 is 3.34. The Balaban J connectivity index is 0.00000289. The molecule has 6 heteroatoms. The van der Waals surface area contributed by atoms with Crippen molar-refractivity contribution >= 4 is 35.2 Å². The van der Waals surface area contributed by atoms with Crippen molar-refractivity contribution < 1.29 is 31.5 Å². The van der Waals surface area contributed by atoms with E-state index in [4.69, 9.17) is 5.11 Å². The molecule has 1 N–H and O–H groups in total. The predicted molar refractivity (Wildman–Crippen MR) is 76.2 cm³/mol. The first-order valence-corrected chi connectivity index (χ1v) is 7.24. The van der Waals surface area contributed by atoms with E-state index in [9.17, 15) is 4.79 Å². The first-order valence-electron chi connectivity index (χ1n) is 5.54. The fourth-order valence-corrected chi connectivity index (χ4v) is 4.45. The number of aliphatic carboxylic acids is 1. The van der Waals surface area contributed by atoms with Gasteiger partial charge in [-0.25, -0.2) is 4.58 Å². The Labute approximate surface area is 128 Å². The van der Waals surface area contributed by atoms with Gasteiger partial charge in [0, 0.05) is 21.5 Å². The molecule has 0 aromatic heterocycles. The summed E-state index contributed by atoms with van der Waals surface area (Å²) >= 11 is 3.20. The van der Waals surface area contributed by atoms with E-state index in [2.05, 4.69) is 24.5 Å². The number of nitrogens with zero attached hydrogens (tertiary/aromatic N) is 1. The molecule has 0 bridgehead atoms. The zero-order valence-corrected chi connectivity index (χ0v) is 14.6. The van der Waals surface area contributed by atoms with E-state index >= 15 is 0 Å². The highest BCUT2D eigenvalue weighted by Gasteiger charge is 2.32. The number of rotatable bonds is 3. The molecule has 0 spiro atoms. The second-order valence-electron chi connectivity index (χ2n) is 4.99. The van der Waals surface area contributed by atoms with Crippen LogP contribution in [-0.4, -0.2) is 45.5 Å². The van der Waals surface area contributed by atoms with Crippen LogP contribution >= 0.6 is 23.5 Å². The molecule has 104 valence electrons. The van der Waals surface area contributed by atoms with Crippen LogP contribution in [0.15, 0.2) is 10.3 Å². The van der Waals surface area contributed by atoms with Crippen LogP contribution < -0.4 is 17.0 Å². The normalized spacial score (nSPS) is 19.6. The minimum atomic E-state index is -0.758. The molecule has 3 nitrogen and oxygen atoms in total. The maximum absolute atomic E-state index is 10.9. The van der Waals surface area contributed by atoms with Gasteiger partial charge in [-0.1, -0.05) is 0 Å². The first kappa shape index (κ1) is 18.1. The van der Waals surface area contributed by atoms with Gasteiger partial charge in [-0.3, -0.25) is 4.79 Å². The molecule has 0 saturated heterocycles. The number of thioether (sulfide) groups is 2. The summed E-state index contributed by atoms with van der Waals surface area (Å²) in [5.41, 5.74) is 1.26. The summed E-state index contributed by atoms with van der Waals surface area (Å²) in [6, 6.07) is 0. The summed E-state index contributed by atoms with van der Waals surface area (Å²) in [4.78, 5) is 10.9. The van der Waals surface area contributed by atoms with Gasteiger partial charge in [-0.15, -0.1) is 23.5 Å². The number of carboxylic acids is 1. The Bertz CT molecular complexity index is 388. The lowest BCUT2D eigenvalue weighted by Gasteiger charge is -2.28. The zero-order chi connectivity index (χ0) is 13.2. The number of carbonyl (C=O) groups is 1. The highest BCUT2D eigenvalue weighted by molar-refractivity contribution is 8.23. The molecule has 1 heterocycles. The van der Waals surface area contributed by atoms with Crippen LogP contribution in [0.3, 0.4) is 0 Å². The topological polar surface area (TPSA) is 40.3 Å². The molecule has 0 fully saturated rings. The first-order chi connectivity index (χ1) is 7.71. The van der Waals surface area contributed by atoms with Crippen LogP contribution in [-0.2, 0) is 4.79 Å². The monoisotopic (exact) mass is 353 g/mol. The van der Waals surface area contributed by atoms with E-state index in [0.717, 1.165) is 10.7 Å². The van der Waals surface area contributed by atoms with Crippen LogP contribution in [0.4, 0.5) is 0 Å². The van der Waals surface area contributed by atoms with Gasteiger partial charge in [-0.05, 0) is 20.8 Å². The molecule has 18 heavy (non-hydrogen) atoms. The Hall–Kier alpha value is 0.0600. The van der Waals surface area contributed by atoms with Crippen LogP contribution in [0, 0.1) is 0 Å². The average molecular weight is 354 g/mol. The van der Waals surface area contributed by atoms with E-state index in [1.54, 1.807) is 18.7 Å². The maximum atomic E-state index is 10.9. The van der Waals surface area contributed by atoms with Crippen molar-refractivity contribution in [2.75, 3.05) is 14.1 Å². The van der Waals surface area contributed by atoms with Crippen molar-refractivity contribution in [1.82, 2.24) is 0 Å². The third-order valence-electron chi connectivity index (χ3n) is 2.48. The van der Waals surface area contributed by atoms with Crippen LogP contribution in [0.1, 0.15) is 27.2 Å². The minimum Gasteiger partial charge on any atom is -1.00 e. The largest absolute Gasteiger partial charge is 1.00 e. The molecule has 0 amide bonds. The van der Waals surface area contributed by atoms with Crippen LogP contribution in [0.25, 0.3) is 0 Å². The molecule has 1 aliphatic heterocycles. The van der Waals surface area contributed by atoms with Crippen LogP contribution in [0.2, 0.25) is 0 Å². The molecule has 0 aromatic carbocycles. The predicted octanol–water partition coefficient (Wildman–Crippen LogP) is -0.333. The molecule has 0 aliphatic carbocycles. The highest BCUT2D eigenvalue weighted by atomic mass is 79.9. The van der Waals surface area contributed by atoms with Gasteiger partial charge in [0.1, 0.15) is 19.3 Å². The third-order valence-corrected chi connectivity index (χ3v) is 4.94. The molecule has 1 rings (SSSR count). The summed E-state index contributed by atoms with van der Waals surface area (Å²) in [5, 5.41) is 8.55. The van der Waals surface area contributed by atoms with Crippen molar-refractivity contribution in [2.45, 2.75) is 37.2 Å². The van der Waals surface area contributed by atoms with Gasteiger partial charge in [0.2, 0.25) is 0 Å². The summed E-state index contributed by atoms with van der Waals surface area (Å²) in [6.07, 6.45) is 3.12. The van der Waals surface area contributed by atoms with E-state index in [1.165, 1.54) is 17.5 Å². The molecule has 0 saturated carbocycles. The maximum Gasteiger partial charge on any atom is 0.316 e. The number of hydrogen-bond acceptors (Lipinski definition) is 3. The molecule has 0 radical (unpaired) electrons. The average Bonchev–Trinajstić information content (AvgIpc) is 2.14. The van der Waals surface area contributed by atoms with E-state index in [1.807, 2.05) is 14.1 Å². The minimum absolute atomic E-state index is 0. The van der Waals surface area contributed by atoms with Gasteiger partial charge in [0.25, 0.3) is 0 Å². The number of carboxylic acid groups (broad SMARTS) is 1. The summed E-state index contributed by atoms with van der Waals surface area (Å²) in [7, 11) is 4.06. The van der Waals surface area contributed by atoms with Gasteiger partial charge in [0.05, 0.1) is 0 Å². The molecular weight excluding hydrogens is 334 g/mol. The van der Waals surface area contributed by atoms with E-state index in [-0.39, 0.29) is 21.7 Å². The number of hydrogen-bond donors (Lipinski definition) is 1. The molecule has 1 unspecified atom stereocenters. The van der Waals surface area contributed by atoms with E-state index < -0.39 is 11.2 Å². The van der Waals surface area contributed by atoms with E-state index in [0.29, 0.717) is 0 Å². The standard InChI is InChI=1S/C12H19NO2S2.BrH/c1-8(11(14)15)16-10-6-9(13(4)5)7-12(2,3)17-10;/h6,8H,7H2,1-5H3;1H. The van der Waals surface area contributed by atoms with Crippen molar-refractivity contribution in [3.8, 4) is 0 Å². The zero-order valence-electron chi connectivity index (χ0n) is 11.4. The highest BCUT2D eigenvalue weighted by Crippen LogP contribution is 2.45. The summed E-state index contributed by atoms with van der Waals surface area (Å²) in [6.45, 7) is 6.12. The lowest BCUT2D eigenvalue weighted by Crippen LogP contribution is -3.00. The second kappa shape index (κ2) is 7.01. The SMILES string of the molecule is CC(SC1=CC(=[N+](C)C)CC(C)(C)S1)C(=O)O.[Br-]. The lowest BCUT2D eigenvalue weighted by atomic mass is 10.0. The number of allylic oxidation sites excluding steroid dienone is 1. The van der Waals surface area contributed by atoms with Gasteiger partial charge in [0.15, 0.2) is 5.71 Å². The molecule has 0 aromatic rings. The Morgan fingerprint density at radius 1 is 1.56 bits per heavy atom. The second-order valence-corrected chi connectivity index (χ2v) is 8.38. The smallest absolute Gasteiger partial charge is 0.316 e. The van der Waals surface area contributed by atoms with Gasteiger partial charge < -0.3 is 22.1 Å². The molecule has 1 atom stereocenters. The molecule has 1 aliphatic rings. The fourth-order valence-electron chi connectivity index (χ4n) is 1.53. The van der Waals surface area contributed by atoms with Crippen LogP contribution in [0.5, 0.6) is 0 Å². The van der Waals surface area contributed by atoms with Gasteiger partial charge in [-0.2, -0.15) is 0 Å². The Morgan fingerprint density at radius 2 is 2.11 bits per heavy atom. The summed E-state index contributed by atoms with van der Waals surface area (Å²) in [5.74, 6) is -0.758. The van der Waals surface area contributed by atoms with Crippen molar-refractivity contribution in [1.29, 1.82) is 0 Å².